The van der Waals surface area contributed by atoms with Crippen LogP contribution in [0, 0.1) is 5.82 Å². The maximum absolute atomic E-state index is 12.9. The molecule has 0 saturated carbocycles. The Morgan fingerprint density at radius 3 is 2.34 bits per heavy atom. The van der Waals surface area contributed by atoms with Crippen molar-refractivity contribution in [2.45, 2.75) is 0 Å². The van der Waals surface area contributed by atoms with Crippen molar-refractivity contribution in [2.75, 3.05) is 53.5 Å². The molecule has 2 aromatic carbocycles. The van der Waals surface area contributed by atoms with Crippen LogP contribution in [-0.2, 0) is 4.79 Å². The van der Waals surface area contributed by atoms with Gasteiger partial charge < -0.3 is 19.7 Å². The van der Waals surface area contributed by atoms with Crippen molar-refractivity contribution in [1.29, 1.82) is 0 Å². The van der Waals surface area contributed by atoms with Gasteiger partial charge in [-0.2, -0.15) is 0 Å². The molecule has 3 rings (SSSR count). The average molecular weight is 442 g/mol. The van der Waals surface area contributed by atoms with Crippen molar-refractivity contribution in [3.05, 3.63) is 65.5 Å². The molecule has 0 aromatic heterocycles. The van der Waals surface area contributed by atoms with Gasteiger partial charge in [-0.1, -0.05) is 6.07 Å². The fraction of sp³-hybridized carbons (Fsp3) is 0.333. The molecule has 170 valence electrons. The molecule has 7 nitrogen and oxygen atoms in total. The van der Waals surface area contributed by atoms with Crippen LogP contribution in [0.5, 0.6) is 11.5 Å². The fourth-order valence-electron chi connectivity index (χ4n) is 3.45. The molecule has 1 saturated heterocycles. The van der Waals surface area contributed by atoms with Crippen LogP contribution in [0.25, 0.3) is 6.08 Å². The van der Waals surface area contributed by atoms with E-state index in [1.165, 1.54) is 24.3 Å². The molecule has 0 spiro atoms. The van der Waals surface area contributed by atoms with Crippen LogP contribution < -0.4 is 14.8 Å². The van der Waals surface area contributed by atoms with Crippen molar-refractivity contribution in [1.82, 2.24) is 15.1 Å². The van der Waals surface area contributed by atoms with E-state index in [2.05, 4.69) is 10.2 Å². The highest BCUT2D eigenvalue weighted by atomic mass is 19.1. The lowest BCUT2D eigenvalue weighted by Crippen LogP contribution is -2.49. The number of ether oxygens (including phenoxy) is 2. The van der Waals surface area contributed by atoms with Gasteiger partial charge in [-0.05, 0) is 48.0 Å². The number of nitrogens with zero attached hydrogens (tertiary/aromatic N) is 2. The number of rotatable bonds is 8. The summed E-state index contributed by atoms with van der Waals surface area (Å²) in [4.78, 5) is 28.6. The number of amides is 2. The maximum Gasteiger partial charge on any atom is 0.251 e. The first-order chi connectivity index (χ1) is 15.5. The molecule has 1 aliphatic heterocycles. The number of benzene rings is 2. The van der Waals surface area contributed by atoms with E-state index >= 15 is 0 Å². The Bertz CT molecular complexity index is 954. The minimum Gasteiger partial charge on any atom is -0.493 e. The third kappa shape index (κ3) is 6.31. The Labute approximate surface area is 187 Å². The molecule has 1 N–H and O–H groups in total. The molecule has 32 heavy (non-hydrogen) atoms. The molecule has 2 aromatic rings. The number of piperazine rings is 1. The average Bonchev–Trinajstić information content (AvgIpc) is 2.83. The van der Waals surface area contributed by atoms with E-state index in [9.17, 15) is 14.0 Å². The van der Waals surface area contributed by atoms with Gasteiger partial charge in [-0.15, -0.1) is 0 Å². The van der Waals surface area contributed by atoms with Crippen LogP contribution in [0.15, 0.2) is 48.5 Å². The first-order valence-corrected chi connectivity index (χ1v) is 10.5. The van der Waals surface area contributed by atoms with Crippen molar-refractivity contribution in [3.63, 3.8) is 0 Å². The molecule has 1 aliphatic rings. The fourth-order valence-corrected chi connectivity index (χ4v) is 3.45. The lowest BCUT2D eigenvalue weighted by atomic mass is 10.2. The van der Waals surface area contributed by atoms with E-state index in [-0.39, 0.29) is 17.6 Å². The van der Waals surface area contributed by atoms with Gasteiger partial charge in [0, 0.05) is 50.9 Å². The van der Waals surface area contributed by atoms with Gasteiger partial charge in [-0.25, -0.2) is 4.39 Å². The van der Waals surface area contributed by atoms with Crippen LogP contribution in [0.2, 0.25) is 0 Å². The molecule has 1 fully saturated rings. The van der Waals surface area contributed by atoms with Gasteiger partial charge in [0.05, 0.1) is 14.2 Å². The third-order valence-corrected chi connectivity index (χ3v) is 5.33. The van der Waals surface area contributed by atoms with Crippen LogP contribution in [0.1, 0.15) is 15.9 Å². The Morgan fingerprint density at radius 2 is 1.69 bits per heavy atom. The standard InChI is InChI=1S/C24H28FN3O4/c1-31-21-9-3-18(17-22(21)32-2)4-10-23(29)28-15-13-27(14-16-28)12-11-26-24(30)19-5-7-20(25)8-6-19/h3-10,17H,11-16H2,1-2H3,(H,26,30)/b10-4+. The highest BCUT2D eigenvalue weighted by Crippen LogP contribution is 2.28. The van der Waals surface area contributed by atoms with Crippen LogP contribution >= 0.6 is 0 Å². The van der Waals surface area contributed by atoms with Gasteiger partial charge in [0.25, 0.3) is 5.91 Å². The zero-order chi connectivity index (χ0) is 22.9. The molecular formula is C24H28FN3O4. The number of methoxy groups -OCH3 is 2. The number of nitrogens with one attached hydrogen (secondary N) is 1. The predicted octanol–water partition coefficient (Wildman–Crippen LogP) is 2.43. The summed E-state index contributed by atoms with van der Waals surface area (Å²) in [6.45, 7) is 3.91. The highest BCUT2D eigenvalue weighted by Gasteiger charge is 2.19. The summed E-state index contributed by atoms with van der Waals surface area (Å²) < 4.78 is 23.5. The van der Waals surface area contributed by atoms with E-state index in [0.717, 1.165) is 18.7 Å². The van der Waals surface area contributed by atoms with Gasteiger partial charge >= 0.3 is 0 Å². The van der Waals surface area contributed by atoms with Crippen LogP contribution in [0.3, 0.4) is 0 Å². The summed E-state index contributed by atoms with van der Waals surface area (Å²) >= 11 is 0. The van der Waals surface area contributed by atoms with Crippen molar-refractivity contribution < 1.29 is 23.5 Å². The van der Waals surface area contributed by atoms with Crippen LogP contribution in [0.4, 0.5) is 4.39 Å². The van der Waals surface area contributed by atoms with Crippen molar-refractivity contribution in [3.8, 4) is 11.5 Å². The maximum atomic E-state index is 12.9. The molecule has 2 amide bonds. The summed E-state index contributed by atoms with van der Waals surface area (Å²) in [5.74, 6) is 0.624. The topological polar surface area (TPSA) is 71.1 Å². The van der Waals surface area contributed by atoms with Crippen molar-refractivity contribution >= 4 is 17.9 Å². The largest absolute Gasteiger partial charge is 0.493 e. The molecule has 0 aliphatic carbocycles. The first-order valence-electron chi connectivity index (χ1n) is 10.5. The van der Waals surface area contributed by atoms with E-state index < -0.39 is 0 Å². The Balaban J connectivity index is 1.41. The number of hydrogen-bond donors (Lipinski definition) is 1. The minimum atomic E-state index is -0.368. The summed E-state index contributed by atoms with van der Waals surface area (Å²) in [6, 6.07) is 10.9. The van der Waals surface area contributed by atoms with Gasteiger partial charge in [0.2, 0.25) is 5.91 Å². The highest BCUT2D eigenvalue weighted by molar-refractivity contribution is 5.94. The predicted molar refractivity (Wildman–Crippen MR) is 120 cm³/mol. The van der Waals surface area contributed by atoms with Crippen LogP contribution in [-0.4, -0.2) is 75.1 Å². The van der Waals surface area contributed by atoms with E-state index in [4.69, 9.17) is 9.47 Å². The molecule has 1 heterocycles. The number of hydrogen-bond acceptors (Lipinski definition) is 5. The molecule has 0 atom stereocenters. The molecule has 0 radical (unpaired) electrons. The molecular weight excluding hydrogens is 413 g/mol. The first kappa shape index (κ1) is 23.3. The van der Waals surface area contributed by atoms with Crippen molar-refractivity contribution in [2.24, 2.45) is 0 Å². The number of halogens is 1. The molecule has 8 heteroatoms. The Hall–Kier alpha value is -3.39. The summed E-state index contributed by atoms with van der Waals surface area (Å²) in [7, 11) is 3.15. The number of carbonyl (C=O) groups excluding carboxylic acids is 2. The normalized spacial score (nSPS) is 14.4. The lowest BCUT2D eigenvalue weighted by Gasteiger charge is -2.34. The van der Waals surface area contributed by atoms with E-state index in [1.807, 2.05) is 17.0 Å². The molecule has 0 bridgehead atoms. The smallest absolute Gasteiger partial charge is 0.251 e. The summed E-state index contributed by atoms with van der Waals surface area (Å²) in [6.07, 6.45) is 3.33. The second-order valence-electron chi connectivity index (χ2n) is 7.38. The SMILES string of the molecule is COc1ccc(/C=C/C(=O)N2CCN(CCNC(=O)c3ccc(F)cc3)CC2)cc1OC. The van der Waals surface area contributed by atoms with E-state index in [0.29, 0.717) is 43.2 Å². The lowest BCUT2D eigenvalue weighted by molar-refractivity contribution is -0.127. The van der Waals surface area contributed by atoms with Gasteiger partial charge in [0.15, 0.2) is 11.5 Å². The quantitative estimate of drug-likeness (QED) is 0.638. The van der Waals surface area contributed by atoms with E-state index in [1.54, 1.807) is 32.4 Å². The Morgan fingerprint density at radius 1 is 1.00 bits per heavy atom. The summed E-state index contributed by atoms with van der Waals surface area (Å²) in [5, 5.41) is 2.84. The summed E-state index contributed by atoms with van der Waals surface area (Å²) in [5.41, 5.74) is 1.29. The third-order valence-electron chi connectivity index (χ3n) is 5.33. The monoisotopic (exact) mass is 441 g/mol. The Kier molecular flexibility index (Phi) is 8.21. The molecule has 0 unspecified atom stereocenters. The minimum absolute atomic E-state index is 0.0379. The zero-order valence-corrected chi connectivity index (χ0v) is 18.3. The zero-order valence-electron chi connectivity index (χ0n) is 18.3. The number of carbonyl (C=O) groups is 2. The second kappa shape index (κ2) is 11.3. The van der Waals surface area contributed by atoms with Gasteiger partial charge in [-0.3, -0.25) is 14.5 Å². The van der Waals surface area contributed by atoms with Gasteiger partial charge in [0.1, 0.15) is 5.82 Å². The second-order valence-corrected chi connectivity index (χ2v) is 7.38.